The number of rotatable bonds is 1. The standard InChI is InChI=1S/C11H7ClINO2/c1-16-11(15)9-3-2-6-4-7(13)5-8(12)10(6)14-9/h2-5H,1H3. The lowest BCUT2D eigenvalue weighted by Crippen LogP contribution is -2.04. The molecule has 0 unspecified atom stereocenters. The molecule has 0 atom stereocenters. The maximum Gasteiger partial charge on any atom is 0.356 e. The summed E-state index contributed by atoms with van der Waals surface area (Å²) in [6.07, 6.45) is 0. The Hall–Kier alpha value is -0.880. The van der Waals surface area contributed by atoms with E-state index in [1.165, 1.54) is 7.11 Å². The van der Waals surface area contributed by atoms with Gasteiger partial charge in [0.25, 0.3) is 0 Å². The number of nitrogens with zero attached hydrogens (tertiary/aromatic N) is 1. The molecule has 2 rings (SSSR count). The molecule has 1 heterocycles. The lowest BCUT2D eigenvalue weighted by atomic mass is 10.2. The number of benzene rings is 1. The van der Waals surface area contributed by atoms with Crippen LogP contribution in [0.3, 0.4) is 0 Å². The molecule has 0 saturated carbocycles. The van der Waals surface area contributed by atoms with Gasteiger partial charge in [-0.1, -0.05) is 17.7 Å². The van der Waals surface area contributed by atoms with Crippen molar-refractivity contribution in [1.29, 1.82) is 0 Å². The fourth-order valence-electron chi connectivity index (χ4n) is 1.38. The van der Waals surface area contributed by atoms with Gasteiger partial charge in [-0.15, -0.1) is 0 Å². The minimum absolute atomic E-state index is 0.262. The molecule has 82 valence electrons. The summed E-state index contributed by atoms with van der Waals surface area (Å²) >= 11 is 8.24. The van der Waals surface area contributed by atoms with Crippen LogP contribution in [0.25, 0.3) is 10.9 Å². The zero-order valence-corrected chi connectivity index (χ0v) is 11.2. The SMILES string of the molecule is COC(=O)c1ccc2cc(I)cc(Cl)c2n1. The van der Waals surface area contributed by atoms with Crippen LogP contribution in [0.5, 0.6) is 0 Å². The summed E-state index contributed by atoms with van der Waals surface area (Å²) in [6.45, 7) is 0. The van der Waals surface area contributed by atoms with E-state index in [4.69, 9.17) is 11.6 Å². The summed E-state index contributed by atoms with van der Waals surface area (Å²) in [5.41, 5.74) is 0.878. The largest absolute Gasteiger partial charge is 0.464 e. The molecule has 16 heavy (non-hydrogen) atoms. The van der Waals surface area contributed by atoms with Crippen LogP contribution in [0.2, 0.25) is 5.02 Å². The monoisotopic (exact) mass is 347 g/mol. The smallest absolute Gasteiger partial charge is 0.356 e. The Bertz CT molecular complexity index is 571. The van der Waals surface area contributed by atoms with Gasteiger partial charge in [-0.25, -0.2) is 9.78 Å². The van der Waals surface area contributed by atoms with Gasteiger partial charge >= 0.3 is 5.97 Å². The van der Waals surface area contributed by atoms with Crippen LogP contribution in [0, 0.1) is 3.57 Å². The predicted molar refractivity (Wildman–Crippen MR) is 70.8 cm³/mol. The number of halogens is 2. The first-order valence-corrected chi connectivity index (χ1v) is 5.91. The second-order valence-electron chi connectivity index (χ2n) is 3.15. The molecule has 3 nitrogen and oxygen atoms in total. The van der Waals surface area contributed by atoms with Gasteiger partial charge in [0, 0.05) is 8.96 Å². The molecule has 0 aliphatic heterocycles. The second-order valence-corrected chi connectivity index (χ2v) is 4.80. The van der Waals surface area contributed by atoms with E-state index in [0.717, 1.165) is 8.96 Å². The normalized spacial score (nSPS) is 10.4. The summed E-state index contributed by atoms with van der Waals surface area (Å²) < 4.78 is 5.63. The highest BCUT2D eigenvalue weighted by Gasteiger charge is 2.10. The molecule has 0 saturated heterocycles. The molecule has 1 aromatic carbocycles. The molecule has 0 aliphatic rings. The molecule has 1 aromatic heterocycles. The number of carbonyl (C=O) groups excluding carboxylic acids is 1. The van der Waals surface area contributed by atoms with E-state index in [1.54, 1.807) is 12.1 Å². The van der Waals surface area contributed by atoms with Crippen molar-refractivity contribution in [2.24, 2.45) is 0 Å². The highest BCUT2D eigenvalue weighted by molar-refractivity contribution is 14.1. The average molecular weight is 348 g/mol. The molecule has 0 amide bonds. The third-order valence-electron chi connectivity index (χ3n) is 2.11. The van der Waals surface area contributed by atoms with Crippen molar-refractivity contribution in [3.8, 4) is 0 Å². The fraction of sp³-hybridized carbons (Fsp3) is 0.0909. The van der Waals surface area contributed by atoms with Gasteiger partial charge in [0.2, 0.25) is 0 Å². The molecule has 0 radical (unpaired) electrons. The Kier molecular flexibility index (Phi) is 3.30. The number of esters is 1. The lowest BCUT2D eigenvalue weighted by molar-refractivity contribution is 0.0594. The Morgan fingerprint density at radius 1 is 1.44 bits per heavy atom. The van der Waals surface area contributed by atoms with E-state index in [2.05, 4.69) is 32.3 Å². The molecule has 0 spiro atoms. The highest BCUT2D eigenvalue weighted by atomic mass is 127. The van der Waals surface area contributed by atoms with Gasteiger partial charge in [0.15, 0.2) is 0 Å². The Labute approximate surface area is 111 Å². The van der Waals surface area contributed by atoms with Gasteiger partial charge in [0.1, 0.15) is 5.69 Å². The number of fused-ring (bicyclic) bond motifs is 1. The molecule has 0 aliphatic carbocycles. The third kappa shape index (κ3) is 2.12. The minimum Gasteiger partial charge on any atom is -0.464 e. The molecule has 0 bridgehead atoms. The van der Waals surface area contributed by atoms with E-state index < -0.39 is 5.97 Å². The highest BCUT2D eigenvalue weighted by Crippen LogP contribution is 2.25. The number of ether oxygens (including phenoxy) is 1. The van der Waals surface area contributed by atoms with Crippen LogP contribution in [0.4, 0.5) is 0 Å². The van der Waals surface area contributed by atoms with Gasteiger partial charge in [-0.3, -0.25) is 0 Å². The third-order valence-corrected chi connectivity index (χ3v) is 3.02. The zero-order chi connectivity index (χ0) is 11.7. The van der Waals surface area contributed by atoms with Crippen molar-refractivity contribution in [2.45, 2.75) is 0 Å². The van der Waals surface area contributed by atoms with Crippen LogP contribution in [0.15, 0.2) is 24.3 Å². The summed E-state index contributed by atoms with van der Waals surface area (Å²) in [4.78, 5) is 15.5. The number of aromatic nitrogens is 1. The lowest BCUT2D eigenvalue weighted by Gasteiger charge is -2.03. The maximum absolute atomic E-state index is 11.3. The summed E-state index contributed by atoms with van der Waals surface area (Å²) in [7, 11) is 1.32. The predicted octanol–water partition coefficient (Wildman–Crippen LogP) is 3.28. The minimum atomic E-state index is -0.462. The Morgan fingerprint density at radius 2 is 2.19 bits per heavy atom. The molecule has 0 fully saturated rings. The fourth-order valence-corrected chi connectivity index (χ4v) is 2.48. The van der Waals surface area contributed by atoms with Crippen molar-refractivity contribution >= 4 is 51.1 Å². The molecular weight excluding hydrogens is 340 g/mol. The summed E-state index contributed by atoms with van der Waals surface area (Å²) in [5, 5.41) is 1.44. The average Bonchev–Trinajstić information content (AvgIpc) is 2.27. The Morgan fingerprint density at radius 3 is 2.88 bits per heavy atom. The summed E-state index contributed by atoms with van der Waals surface area (Å²) in [6, 6.07) is 7.19. The van der Waals surface area contributed by atoms with E-state index in [9.17, 15) is 4.79 Å². The zero-order valence-electron chi connectivity index (χ0n) is 8.33. The van der Waals surface area contributed by atoms with E-state index in [1.807, 2.05) is 12.1 Å². The Balaban J connectivity index is 2.66. The van der Waals surface area contributed by atoms with E-state index in [-0.39, 0.29) is 5.69 Å². The first-order chi connectivity index (χ1) is 7.61. The first-order valence-electron chi connectivity index (χ1n) is 4.46. The van der Waals surface area contributed by atoms with E-state index in [0.29, 0.717) is 10.5 Å². The van der Waals surface area contributed by atoms with Crippen molar-refractivity contribution < 1.29 is 9.53 Å². The molecule has 0 N–H and O–H groups in total. The van der Waals surface area contributed by atoms with Crippen molar-refractivity contribution in [2.75, 3.05) is 7.11 Å². The quantitative estimate of drug-likeness (QED) is 0.587. The number of carbonyl (C=O) groups is 1. The van der Waals surface area contributed by atoms with Crippen LogP contribution in [-0.4, -0.2) is 18.1 Å². The van der Waals surface area contributed by atoms with Gasteiger partial charge in [-0.05, 0) is 40.8 Å². The first kappa shape index (κ1) is 11.6. The van der Waals surface area contributed by atoms with Crippen molar-refractivity contribution in [3.63, 3.8) is 0 Å². The molecule has 2 aromatic rings. The van der Waals surface area contributed by atoms with E-state index >= 15 is 0 Å². The van der Waals surface area contributed by atoms with Gasteiger partial charge in [0.05, 0.1) is 17.6 Å². The summed E-state index contributed by atoms with van der Waals surface area (Å²) in [5.74, 6) is -0.462. The number of hydrogen-bond donors (Lipinski definition) is 0. The number of pyridine rings is 1. The van der Waals surface area contributed by atoms with Crippen LogP contribution in [-0.2, 0) is 4.74 Å². The van der Waals surface area contributed by atoms with Crippen LogP contribution in [0.1, 0.15) is 10.5 Å². The maximum atomic E-state index is 11.3. The van der Waals surface area contributed by atoms with Crippen molar-refractivity contribution in [1.82, 2.24) is 4.98 Å². The molecule has 5 heteroatoms. The van der Waals surface area contributed by atoms with Crippen molar-refractivity contribution in [3.05, 3.63) is 38.6 Å². The van der Waals surface area contributed by atoms with Gasteiger partial charge in [-0.2, -0.15) is 0 Å². The van der Waals surface area contributed by atoms with Crippen LogP contribution >= 0.6 is 34.2 Å². The molecular formula is C11H7ClINO2. The number of hydrogen-bond acceptors (Lipinski definition) is 3. The van der Waals surface area contributed by atoms with Crippen LogP contribution < -0.4 is 0 Å². The topological polar surface area (TPSA) is 39.2 Å². The number of methoxy groups -OCH3 is 1. The second kappa shape index (κ2) is 4.55. The van der Waals surface area contributed by atoms with Gasteiger partial charge < -0.3 is 4.74 Å².